The molecule has 7 nitrogen and oxygen atoms in total. The van der Waals surface area contributed by atoms with Crippen LogP contribution >= 0.6 is 0 Å². The highest BCUT2D eigenvalue weighted by Crippen LogP contribution is 2.29. The highest BCUT2D eigenvalue weighted by atomic mass is 32.2. The van der Waals surface area contributed by atoms with Gasteiger partial charge >= 0.3 is 0 Å². The summed E-state index contributed by atoms with van der Waals surface area (Å²) in [7, 11) is -3.12. The van der Waals surface area contributed by atoms with Gasteiger partial charge in [0.1, 0.15) is 5.82 Å². The fourth-order valence-electron chi connectivity index (χ4n) is 4.12. The van der Waals surface area contributed by atoms with Gasteiger partial charge in [-0.2, -0.15) is 0 Å². The fourth-order valence-corrected chi connectivity index (χ4v) is 6.13. The second-order valence-electron chi connectivity index (χ2n) is 7.90. The van der Waals surface area contributed by atoms with Crippen molar-refractivity contribution in [1.82, 2.24) is 19.4 Å². The maximum Gasteiger partial charge on any atom is 0.223 e. The van der Waals surface area contributed by atoms with Crippen molar-refractivity contribution in [2.75, 3.05) is 24.6 Å². The largest absolute Gasteiger partial charge is 0.336 e. The first-order valence-electron chi connectivity index (χ1n) is 9.54. The second kappa shape index (κ2) is 7.68. The summed E-state index contributed by atoms with van der Waals surface area (Å²) in [4.78, 5) is 21.1. The molecule has 2 saturated heterocycles. The highest BCUT2D eigenvalue weighted by molar-refractivity contribution is 7.91. The maximum atomic E-state index is 12.6. The number of fused-ring (bicyclic) bond motifs is 1. The number of rotatable bonds is 6. The Morgan fingerprint density at radius 2 is 2.00 bits per heavy atom. The molecular weight excluding hydrogens is 352 g/mol. The van der Waals surface area contributed by atoms with Gasteiger partial charge in [0.2, 0.25) is 5.91 Å². The van der Waals surface area contributed by atoms with Crippen LogP contribution < -0.4 is 0 Å². The van der Waals surface area contributed by atoms with Crippen LogP contribution in [0.5, 0.6) is 0 Å². The van der Waals surface area contributed by atoms with E-state index >= 15 is 0 Å². The van der Waals surface area contributed by atoms with Crippen molar-refractivity contribution in [1.29, 1.82) is 0 Å². The van der Waals surface area contributed by atoms with Crippen LogP contribution in [0, 0.1) is 5.92 Å². The summed E-state index contributed by atoms with van der Waals surface area (Å²) >= 11 is 0. The normalized spacial score (nSPS) is 25.6. The lowest BCUT2D eigenvalue weighted by Gasteiger charge is -2.44. The number of carbonyl (C=O) groups is 1. The lowest BCUT2D eigenvalue weighted by Crippen LogP contribution is -2.60. The quantitative estimate of drug-likeness (QED) is 0.738. The van der Waals surface area contributed by atoms with E-state index in [1.54, 1.807) is 6.20 Å². The minimum Gasteiger partial charge on any atom is -0.336 e. The van der Waals surface area contributed by atoms with E-state index in [2.05, 4.69) is 21.4 Å². The first-order chi connectivity index (χ1) is 12.3. The number of piperazine rings is 1. The van der Waals surface area contributed by atoms with E-state index in [-0.39, 0.29) is 35.4 Å². The van der Waals surface area contributed by atoms with Gasteiger partial charge < -0.3 is 9.47 Å². The number of imidazole rings is 1. The molecule has 0 N–H and O–H groups in total. The van der Waals surface area contributed by atoms with Gasteiger partial charge in [-0.05, 0) is 12.3 Å². The Morgan fingerprint density at radius 3 is 2.69 bits per heavy atom. The van der Waals surface area contributed by atoms with Gasteiger partial charge in [0, 0.05) is 44.5 Å². The molecule has 0 aliphatic carbocycles. The van der Waals surface area contributed by atoms with Crippen molar-refractivity contribution in [3.8, 4) is 0 Å². The molecule has 3 heterocycles. The lowest BCUT2D eigenvalue weighted by atomic mass is 10.0. The molecule has 0 unspecified atom stereocenters. The molecule has 0 spiro atoms. The zero-order valence-corrected chi connectivity index (χ0v) is 16.8. The average molecular weight is 383 g/mol. The van der Waals surface area contributed by atoms with Crippen molar-refractivity contribution < 1.29 is 13.2 Å². The predicted molar refractivity (Wildman–Crippen MR) is 100 cm³/mol. The molecule has 146 valence electrons. The van der Waals surface area contributed by atoms with Crippen LogP contribution in [0.1, 0.15) is 39.4 Å². The first-order valence-corrected chi connectivity index (χ1v) is 11.4. The van der Waals surface area contributed by atoms with Gasteiger partial charge in [-0.15, -0.1) is 0 Å². The summed E-state index contributed by atoms with van der Waals surface area (Å²) < 4.78 is 26.8. The topological polar surface area (TPSA) is 75.5 Å². The molecule has 0 radical (unpaired) electrons. The van der Waals surface area contributed by atoms with Crippen LogP contribution in [-0.2, 0) is 27.7 Å². The summed E-state index contributed by atoms with van der Waals surface area (Å²) in [6.45, 7) is 9.00. The smallest absolute Gasteiger partial charge is 0.223 e. The van der Waals surface area contributed by atoms with Gasteiger partial charge in [-0.1, -0.05) is 20.8 Å². The second-order valence-corrected chi connectivity index (χ2v) is 10.1. The standard InChI is InChI=1S/C18H30N4O3S/c1-4-6-20-7-5-19-17(20)11-21-8-9-22(18(23)10-14(2)3)16-13-26(24,25)12-15(16)21/h5,7,14-16H,4,6,8-13H2,1-3H3/t15-,16+/m1/s1. The van der Waals surface area contributed by atoms with Gasteiger partial charge in [-0.3, -0.25) is 9.69 Å². The molecule has 0 aromatic carbocycles. The molecule has 0 bridgehead atoms. The van der Waals surface area contributed by atoms with Crippen molar-refractivity contribution in [3.63, 3.8) is 0 Å². The number of carbonyl (C=O) groups excluding carboxylic acids is 1. The van der Waals surface area contributed by atoms with E-state index in [0.717, 1.165) is 18.8 Å². The number of aromatic nitrogens is 2. The predicted octanol–water partition coefficient (Wildman–Crippen LogP) is 1.15. The van der Waals surface area contributed by atoms with Gasteiger partial charge in [0.05, 0.1) is 24.1 Å². The monoisotopic (exact) mass is 382 g/mol. The van der Waals surface area contributed by atoms with Crippen LogP contribution in [0.2, 0.25) is 0 Å². The van der Waals surface area contributed by atoms with Crippen LogP contribution in [0.15, 0.2) is 12.4 Å². The molecular formula is C18H30N4O3S. The summed E-state index contributed by atoms with van der Waals surface area (Å²) in [6.07, 6.45) is 5.28. The third-order valence-corrected chi connectivity index (χ3v) is 7.00. The van der Waals surface area contributed by atoms with Crippen molar-refractivity contribution in [2.45, 2.75) is 58.8 Å². The van der Waals surface area contributed by atoms with Gasteiger partial charge in [0.15, 0.2) is 9.84 Å². The summed E-state index contributed by atoms with van der Waals surface area (Å²) in [5.41, 5.74) is 0. The van der Waals surface area contributed by atoms with Crippen LogP contribution in [0.3, 0.4) is 0 Å². The van der Waals surface area contributed by atoms with E-state index in [1.807, 2.05) is 24.9 Å². The Bertz CT molecular complexity index is 743. The lowest BCUT2D eigenvalue weighted by molar-refractivity contribution is -0.138. The van der Waals surface area contributed by atoms with E-state index in [1.165, 1.54) is 0 Å². The zero-order chi connectivity index (χ0) is 18.9. The average Bonchev–Trinajstić information content (AvgIpc) is 3.10. The molecule has 1 aromatic rings. The molecule has 2 aliphatic rings. The summed E-state index contributed by atoms with van der Waals surface area (Å²) in [5.74, 6) is 1.55. The zero-order valence-electron chi connectivity index (χ0n) is 16.0. The van der Waals surface area contributed by atoms with E-state index in [0.29, 0.717) is 26.1 Å². The van der Waals surface area contributed by atoms with Crippen LogP contribution in [0.4, 0.5) is 0 Å². The van der Waals surface area contributed by atoms with Crippen LogP contribution in [0.25, 0.3) is 0 Å². The minimum atomic E-state index is -3.12. The fraction of sp³-hybridized carbons (Fsp3) is 0.778. The Hall–Kier alpha value is -1.41. The molecule has 8 heteroatoms. The molecule has 3 rings (SSSR count). The number of hydrogen-bond donors (Lipinski definition) is 0. The van der Waals surface area contributed by atoms with E-state index in [9.17, 15) is 13.2 Å². The van der Waals surface area contributed by atoms with Crippen molar-refractivity contribution in [2.24, 2.45) is 5.92 Å². The Labute approximate surface area is 156 Å². The van der Waals surface area contributed by atoms with Crippen LogP contribution in [-0.4, -0.2) is 70.4 Å². The van der Waals surface area contributed by atoms with E-state index < -0.39 is 9.84 Å². The third kappa shape index (κ3) is 4.11. The number of aryl methyl sites for hydroxylation is 1. The molecule has 26 heavy (non-hydrogen) atoms. The highest BCUT2D eigenvalue weighted by Gasteiger charge is 2.48. The molecule has 1 amide bonds. The molecule has 2 aliphatic heterocycles. The minimum absolute atomic E-state index is 0.0826. The SMILES string of the molecule is CCCn1ccnc1CN1CCN(C(=O)CC(C)C)[C@H]2CS(=O)(=O)C[C@H]21. The van der Waals surface area contributed by atoms with E-state index in [4.69, 9.17) is 0 Å². The van der Waals surface area contributed by atoms with Crippen molar-refractivity contribution >= 4 is 15.7 Å². The number of amides is 1. The van der Waals surface area contributed by atoms with Gasteiger partial charge in [0.25, 0.3) is 0 Å². The number of nitrogens with zero attached hydrogens (tertiary/aromatic N) is 4. The first kappa shape index (κ1) is 19.4. The Morgan fingerprint density at radius 1 is 1.27 bits per heavy atom. The Kier molecular flexibility index (Phi) is 5.72. The maximum absolute atomic E-state index is 12.6. The number of hydrogen-bond acceptors (Lipinski definition) is 5. The Balaban J connectivity index is 1.78. The summed E-state index contributed by atoms with van der Waals surface area (Å²) in [6, 6.07) is -0.355. The number of sulfone groups is 1. The van der Waals surface area contributed by atoms with Gasteiger partial charge in [-0.25, -0.2) is 13.4 Å². The molecule has 2 fully saturated rings. The third-order valence-electron chi connectivity index (χ3n) is 5.30. The van der Waals surface area contributed by atoms with Crippen molar-refractivity contribution in [3.05, 3.63) is 18.2 Å². The molecule has 0 saturated carbocycles. The summed E-state index contributed by atoms with van der Waals surface area (Å²) in [5, 5.41) is 0. The molecule has 2 atom stereocenters. The molecule has 1 aromatic heterocycles.